The van der Waals surface area contributed by atoms with Gasteiger partial charge in [0.1, 0.15) is 5.76 Å². The van der Waals surface area contributed by atoms with E-state index < -0.39 is 0 Å². The molecule has 1 saturated heterocycles. The third-order valence-electron chi connectivity index (χ3n) is 4.32. The number of amides is 1. The van der Waals surface area contributed by atoms with Crippen molar-refractivity contribution in [3.05, 3.63) is 23.7 Å². The zero-order valence-electron chi connectivity index (χ0n) is 12.2. The van der Waals surface area contributed by atoms with Crippen LogP contribution in [-0.4, -0.2) is 36.5 Å². The Morgan fingerprint density at radius 2 is 2.25 bits per heavy atom. The first-order chi connectivity index (χ1) is 9.78. The maximum Gasteiger partial charge on any atom is 0.289 e. The van der Waals surface area contributed by atoms with E-state index >= 15 is 0 Å². The highest BCUT2D eigenvalue weighted by Gasteiger charge is 2.35. The third-order valence-corrected chi connectivity index (χ3v) is 4.32. The van der Waals surface area contributed by atoms with E-state index in [4.69, 9.17) is 4.42 Å². The van der Waals surface area contributed by atoms with Crippen molar-refractivity contribution in [3.8, 4) is 0 Å². The van der Waals surface area contributed by atoms with Crippen molar-refractivity contribution in [1.29, 1.82) is 0 Å². The van der Waals surface area contributed by atoms with Gasteiger partial charge in [0.2, 0.25) is 0 Å². The smallest absolute Gasteiger partial charge is 0.289 e. The van der Waals surface area contributed by atoms with Crippen molar-refractivity contribution in [1.82, 2.24) is 10.2 Å². The van der Waals surface area contributed by atoms with Crippen molar-refractivity contribution in [2.24, 2.45) is 5.92 Å². The monoisotopic (exact) mass is 276 g/mol. The fourth-order valence-corrected chi connectivity index (χ4v) is 2.97. The second kappa shape index (κ2) is 6.00. The molecular weight excluding hydrogens is 252 g/mol. The second-order valence-electron chi connectivity index (χ2n) is 6.02. The SMILES string of the molecule is CCc1ccc(C(=O)N(CC2CCCNC2)C2CC2)o1. The molecule has 1 unspecified atom stereocenters. The van der Waals surface area contributed by atoms with E-state index in [1.807, 2.05) is 19.1 Å². The zero-order valence-corrected chi connectivity index (χ0v) is 12.2. The minimum atomic E-state index is 0.0813. The molecule has 0 radical (unpaired) electrons. The Kier molecular flexibility index (Phi) is 4.10. The number of piperidine rings is 1. The molecule has 20 heavy (non-hydrogen) atoms. The molecule has 2 fully saturated rings. The molecule has 4 nitrogen and oxygen atoms in total. The largest absolute Gasteiger partial charge is 0.456 e. The van der Waals surface area contributed by atoms with E-state index in [9.17, 15) is 4.79 Å². The van der Waals surface area contributed by atoms with E-state index in [1.54, 1.807) is 0 Å². The van der Waals surface area contributed by atoms with E-state index in [2.05, 4.69) is 10.2 Å². The van der Waals surface area contributed by atoms with Gasteiger partial charge < -0.3 is 14.6 Å². The van der Waals surface area contributed by atoms with Crippen LogP contribution < -0.4 is 5.32 Å². The van der Waals surface area contributed by atoms with E-state index in [1.165, 1.54) is 12.8 Å². The Bertz CT molecular complexity index is 459. The van der Waals surface area contributed by atoms with Gasteiger partial charge in [0.05, 0.1) is 0 Å². The van der Waals surface area contributed by atoms with E-state index in [0.717, 1.165) is 44.7 Å². The summed E-state index contributed by atoms with van der Waals surface area (Å²) < 4.78 is 5.64. The number of carbonyl (C=O) groups excluding carboxylic acids is 1. The summed E-state index contributed by atoms with van der Waals surface area (Å²) in [5.41, 5.74) is 0. The predicted octanol–water partition coefficient (Wildman–Crippen LogP) is 2.45. The Morgan fingerprint density at radius 3 is 2.85 bits per heavy atom. The summed E-state index contributed by atoms with van der Waals surface area (Å²) in [4.78, 5) is 14.7. The van der Waals surface area contributed by atoms with Crippen LogP contribution in [0.25, 0.3) is 0 Å². The Morgan fingerprint density at radius 1 is 1.40 bits per heavy atom. The molecule has 1 aromatic rings. The van der Waals surface area contributed by atoms with Crippen molar-refractivity contribution in [2.45, 2.75) is 45.1 Å². The van der Waals surface area contributed by atoms with Crippen LogP contribution in [0, 0.1) is 5.92 Å². The van der Waals surface area contributed by atoms with Crippen LogP contribution in [-0.2, 0) is 6.42 Å². The quantitative estimate of drug-likeness (QED) is 0.898. The minimum Gasteiger partial charge on any atom is -0.456 e. The molecule has 1 N–H and O–H groups in total. The first kappa shape index (κ1) is 13.7. The highest BCUT2D eigenvalue weighted by atomic mass is 16.4. The minimum absolute atomic E-state index is 0.0813. The molecule has 1 amide bonds. The van der Waals surface area contributed by atoms with Gasteiger partial charge in [0.25, 0.3) is 5.91 Å². The maximum atomic E-state index is 12.6. The van der Waals surface area contributed by atoms with Gasteiger partial charge in [-0.15, -0.1) is 0 Å². The predicted molar refractivity (Wildman–Crippen MR) is 77.7 cm³/mol. The Labute approximate surface area is 120 Å². The lowest BCUT2D eigenvalue weighted by atomic mass is 9.99. The summed E-state index contributed by atoms with van der Waals surface area (Å²) in [6.45, 7) is 5.07. The fraction of sp³-hybridized carbons (Fsp3) is 0.688. The van der Waals surface area contributed by atoms with E-state index in [0.29, 0.717) is 17.7 Å². The zero-order chi connectivity index (χ0) is 13.9. The molecule has 1 aliphatic heterocycles. The molecule has 0 bridgehead atoms. The highest BCUT2D eigenvalue weighted by molar-refractivity contribution is 5.92. The number of aryl methyl sites for hydroxylation is 1. The molecule has 110 valence electrons. The van der Waals surface area contributed by atoms with Crippen LogP contribution in [0.1, 0.15) is 48.9 Å². The van der Waals surface area contributed by atoms with Crippen LogP contribution >= 0.6 is 0 Å². The average Bonchev–Trinajstić information content (AvgIpc) is 3.21. The first-order valence-corrected chi connectivity index (χ1v) is 7.88. The maximum absolute atomic E-state index is 12.6. The Balaban J connectivity index is 1.67. The number of rotatable bonds is 5. The highest BCUT2D eigenvalue weighted by Crippen LogP contribution is 2.30. The van der Waals surface area contributed by atoms with Crippen LogP contribution in [0.2, 0.25) is 0 Å². The van der Waals surface area contributed by atoms with Crippen LogP contribution in [0.15, 0.2) is 16.5 Å². The second-order valence-corrected chi connectivity index (χ2v) is 6.02. The van der Waals surface area contributed by atoms with Crippen LogP contribution in [0.5, 0.6) is 0 Å². The summed E-state index contributed by atoms with van der Waals surface area (Å²) in [6.07, 6.45) is 5.57. The number of hydrogen-bond acceptors (Lipinski definition) is 3. The number of nitrogens with zero attached hydrogens (tertiary/aromatic N) is 1. The Hall–Kier alpha value is -1.29. The van der Waals surface area contributed by atoms with Gasteiger partial charge in [-0.3, -0.25) is 4.79 Å². The van der Waals surface area contributed by atoms with Gasteiger partial charge in [-0.05, 0) is 56.8 Å². The van der Waals surface area contributed by atoms with Crippen LogP contribution in [0.4, 0.5) is 0 Å². The van der Waals surface area contributed by atoms with Gasteiger partial charge in [-0.2, -0.15) is 0 Å². The standard InChI is InChI=1S/C16H24N2O2/c1-2-14-7-8-15(20-14)16(19)18(13-5-6-13)11-12-4-3-9-17-10-12/h7-8,12-13,17H,2-6,9-11H2,1H3. The fourth-order valence-electron chi connectivity index (χ4n) is 2.97. The summed E-state index contributed by atoms with van der Waals surface area (Å²) in [5.74, 6) is 2.08. The van der Waals surface area contributed by atoms with Crippen molar-refractivity contribution in [2.75, 3.05) is 19.6 Å². The molecule has 4 heteroatoms. The molecule has 2 heterocycles. The molecular formula is C16H24N2O2. The molecule has 1 aromatic heterocycles. The van der Waals surface area contributed by atoms with Crippen LogP contribution in [0.3, 0.4) is 0 Å². The number of carbonyl (C=O) groups is 1. The summed E-state index contributed by atoms with van der Waals surface area (Å²) in [6, 6.07) is 4.19. The summed E-state index contributed by atoms with van der Waals surface area (Å²) in [5, 5.41) is 3.43. The van der Waals surface area contributed by atoms with Gasteiger partial charge in [0, 0.05) is 19.0 Å². The van der Waals surface area contributed by atoms with E-state index in [-0.39, 0.29) is 5.91 Å². The molecule has 1 atom stereocenters. The topological polar surface area (TPSA) is 45.5 Å². The lowest BCUT2D eigenvalue weighted by Crippen LogP contribution is -2.42. The third kappa shape index (κ3) is 3.06. The van der Waals surface area contributed by atoms with Crippen molar-refractivity contribution in [3.63, 3.8) is 0 Å². The summed E-state index contributed by atoms with van der Waals surface area (Å²) >= 11 is 0. The molecule has 2 aliphatic rings. The number of nitrogens with one attached hydrogen (secondary N) is 1. The van der Waals surface area contributed by atoms with Crippen molar-refractivity contribution < 1.29 is 9.21 Å². The molecule has 3 rings (SSSR count). The molecule has 1 saturated carbocycles. The molecule has 0 aromatic carbocycles. The lowest BCUT2D eigenvalue weighted by molar-refractivity contribution is 0.0670. The molecule has 1 aliphatic carbocycles. The van der Waals surface area contributed by atoms with Gasteiger partial charge in [-0.1, -0.05) is 6.92 Å². The van der Waals surface area contributed by atoms with Gasteiger partial charge in [0.15, 0.2) is 5.76 Å². The number of furan rings is 1. The first-order valence-electron chi connectivity index (χ1n) is 7.88. The summed E-state index contributed by atoms with van der Waals surface area (Å²) in [7, 11) is 0. The number of hydrogen-bond donors (Lipinski definition) is 1. The van der Waals surface area contributed by atoms with Crippen molar-refractivity contribution >= 4 is 5.91 Å². The molecule has 0 spiro atoms. The lowest BCUT2D eigenvalue weighted by Gasteiger charge is -2.29. The normalized spacial score (nSPS) is 22.8. The van der Waals surface area contributed by atoms with Gasteiger partial charge >= 0.3 is 0 Å². The average molecular weight is 276 g/mol. The van der Waals surface area contributed by atoms with Gasteiger partial charge in [-0.25, -0.2) is 0 Å².